The summed E-state index contributed by atoms with van der Waals surface area (Å²) in [6.07, 6.45) is 4.19. The van der Waals surface area contributed by atoms with Gasteiger partial charge in [0.15, 0.2) is 5.78 Å². The molecule has 6 nitrogen and oxygen atoms in total. The van der Waals surface area contributed by atoms with Crippen LogP contribution < -0.4 is 4.74 Å². The Labute approximate surface area is 172 Å². The number of methoxy groups -OCH3 is 1. The largest absolute Gasteiger partial charge is 0.497 e. The van der Waals surface area contributed by atoms with Gasteiger partial charge in [-0.25, -0.2) is 0 Å². The second kappa shape index (κ2) is 7.35. The van der Waals surface area contributed by atoms with Gasteiger partial charge in [-0.1, -0.05) is 22.0 Å². The zero-order valence-corrected chi connectivity index (χ0v) is 17.6. The molecule has 3 fully saturated rings. The summed E-state index contributed by atoms with van der Waals surface area (Å²) in [5.74, 6) is 0.540. The van der Waals surface area contributed by atoms with Crippen LogP contribution in [-0.4, -0.2) is 59.2 Å². The van der Waals surface area contributed by atoms with Crippen LogP contribution in [-0.2, 0) is 9.59 Å². The molecule has 4 rings (SSSR count). The molecule has 1 aromatic carbocycles. The second-order valence-corrected chi connectivity index (χ2v) is 8.36. The lowest BCUT2D eigenvalue weighted by Crippen LogP contribution is -2.62. The molecule has 0 aliphatic carbocycles. The number of nitrogens with zero attached hydrogens (tertiary/aromatic N) is 2. The van der Waals surface area contributed by atoms with E-state index < -0.39 is 6.04 Å². The number of halogens is 1. The third-order valence-corrected chi connectivity index (χ3v) is 6.80. The van der Waals surface area contributed by atoms with Gasteiger partial charge >= 0.3 is 0 Å². The summed E-state index contributed by atoms with van der Waals surface area (Å²) in [7, 11) is 1.56. The van der Waals surface area contributed by atoms with E-state index in [-0.39, 0.29) is 36.1 Å². The van der Waals surface area contributed by atoms with Gasteiger partial charge in [0.2, 0.25) is 11.8 Å². The number of amides is 2. The highest BCUT2D eigenvalue weighted by Crippen LogP contribution is 2.40. The van der Waals surface area contributed by atoms with Crippen molar-refractivity contribution in [2.75, 3.05) is 13.7 Å². The van der Waals surface area contributed by atoms with Crippen molar-refractivity contribution in [2.45, 2.75) is 50.7 Å². The van der Waals surface area contributed by atoms with E-state index in [2.05, 4.69) is 15.9 Å². The van der Waals surface area contributed by atoms with E-state index in [1.807, 2.05) is 13.0 Å². The first kappa shape index (κ1) is 19.2. The van der Waals surface area contributed by atoms with Crippen LogP contribution in [0.3, 0.4) is 0 Å². The SMILES string of the molecule is C/C=C1\C[C@H]2C(=O)N3CCC[C@H]3C(=O)N2[C@H]1CC(=O)c1cc(OC)ccc1Br. The summed E-state index contributed by atoms with van der Waals surface area (Å²) >= 11 is 3.44. The number of benzene rings is 1. The normalized spacial score (nSPS) is 28.0. The number of rotatable bonds is 4. The van der Waals surface area contributed by atoms with Crippen molar-refractivity contribution in [1.29, 1.82) is 0 Å². The first-order valence-electron chi connectivity index (χ1n) is 9.60. The fourth-order valence-corrected chi connectivity index (χ4v) is 5.16. The van der Waals surface area contributed by atoms with Crippen molar-refractivity contribution in [3.05, 3.63) is 39.9 Å². The maximum Gasteiger partial charge on any atom is 0.246 e. The lowest BCUT2D eigenvalue weighted by atomic mass is 9.97. The molecule has 148 valence electrons. The Morgan fingerprint density at radius 2 is 2.07 bits per heavy atom. The van der Waals surface area contributed by atoms with E-state index in [1.165, 1.54) is 0 Å². The van der Waals surface area contributed by atoms with Gasteiger partial charge in [0.05, 0.1) is 13.2 Å². The van der Waals surface area contributed by atoms with Crippen LogP contribution in [0.2, 0.25) is 0 Å². The van der Waals surface area contributed by atoms with E-state index in [0.29, 0.717) is 35.2 Å². The average Bonchev–Trinajstić information content (AvgIpc) is 3.32. The Morgan fingerprint density at radius 3 is 2.79 bits per heavy atom. The standard InChI is InChI=1S/C21H23BrN2O4/c1-3-12-9-18-20(26)23-8-4-5-16(23)21(27)24(18)17(12)11-19(25)14-10-13(28-2)6-7-15(14)22/h3,6-7,10,16-18H,4-5,8-9,11H2,1-2H3/b12-3+/t16-,17-,18-/m0/s1. The number of carbonyl (C=O) groups excluding carboxylic acids is 3. The number of ether oxygens (including phenoxy) is 1. The number of Topliss-reactive ketones (excluding diaryl/α,β-unsaturated/α-hetero) is 1. The molecule has 3 aliphatic heterocycles. The van der Waals surface area contributed by atoms with Gasteiger partial charge in [-0.2, -0.15) is 0 Å². The summed E-state index contributed by atoms with van der Waals surface area (Å²) in [6.45, 7) is 2.56. The van der Waals surface area contributed by atoms with E-state index in [0.717, 1.165) is 12.0 Å². The molecule has 0 spiro atoms. The monoisotopic (exact) mass is 446 g/mol. The van der Waals surface area contributed by atoms with Crippen molar-refractivity contribution in [1.82, 2.24) is 9.80 Å². The molecule has 0 N–H and O–H groups in total. The molecule has 3 aliphatic rings. The lowest BCUT2D eigenvalue weighted by molar-refractivity contribution is -0.158. The van der Waals surface area contributed by atoms with E-state index in [4.69, 9.17) is 4.74 Å². The molecule has 7 heteroatoms. The second-order valence-electron chi connectivity index (χ2n) is 7.51. The predicted octanol–water partition coefficient (Wildman–Crippen LogP) is 2.95. The first-order valence-corrected chi connectivity index (χ1v) is 10.4. The van der Waals surface area contributed by atoms with Gasteiger partial charge in [-0.15, -0.1) is 0 Å². The molecule has 0 aromatic heterocycles. The first-order chi connectivity index (χ1) is 13.5. The Kier molecular flexibility index (Phi) is 5.04. The third-order valence-electron chi connectivity index (χ3n) is 6.11. The van der Waals surface area contributed by atoms with Crippen molar-refractivity contribution >= 4 is 33.5 Å². The summed E-state index contributed by atoms with van der Waals surface area (Å²) in [5, 5.41) is 0. The molecule has 3 atom stereocenters. The number of fused-ring (bicyclic) bond motifs is 2. The van der Waals surface area contributed by atoms with Gasteiger partial charge < -0.3 is 14.5 Å². The zero-order valence-electron chi connectivity index (χ0n) is 16.0. The van der Waals surface area contributed by atoms with Crippen LogP contribution in [0, 0.1) is 0 Å². The Bertz CT molecular complexity index is 881. The average molecular weight is 447 g/mol. The number of hydrogen-bond donors (Lipinski definition) is 0. The van der Waals surface area contributed by atoms with Gasteiger partial charge in [-0.3, -0.25) is 14.4 Å². The zero-order chi connectivity index (χ0) is 20.0. The summed E-state index contributed by atoms with van der Waals surface area (Å²) in [5.41, 5.74) is 1.51. The highest BCUT2D eigenvalue weighted by atomic mass is 79.9. The van der Waals surface area contributed by atoms with Crippen molar-refractivity contribution in [3.63, 3.8) is 0 Å². The smallest absolute Gasteiger partial charge is 0.246 e. The van der Waals surface area contributed by atoms with Crippen LogP contribution >= 0.6 is 15.9 Å². The Morgan fingerprint density at radius 1 is 1.29 bits per heavy atom. The molecular weight excluding hydrogens is 424 g/mol. The van der Waals surface area contributed by atoms with Gasteiger partial charge in [-0.05, 0) is 50.0 Å². The quantitative estimate of drug-likeness (QED) is 0.526. The molecule has 28 heavy (non-hydrogen) atoms. The lowest BCUT2D eigenvalue weighted by Gasteiger charge is -2.41. The van der Waals surface area contributed by atoms with E-state index >= 15 is 0 Å². The molecule has 3 heterocycles. The fraction of sp³-hybridized carbons (Fsp3) is 0.476. The third kappa shape index (κ3) is 2.96. The van der Waals surface area contributed by atoms with Crippen LogP contribution in [0.1, 0.15) is 43.0 Å². The number of carbonyl (C=O) groups is 3. The van der Waals surface area contributed by atoms with E-state index in [1.54, 1.807) is 35.1 Å². The maximum atomic E-state index is 13.2. The number of allylic oxidation sites excluding steroid dienone is 1. The highest BCUT2D eigenvalue weighted by Gasteiger charge is 2.54. The summed E-state index contributed by atoms with van der Waals surface area (Å²) < 4.78 is 5.93. The van der Waals surface area contributed by atoms with Crippen LogP contribution in [0.4, 0.5) is 0 Å². The number of hydrogen-bond acceptors (Lipinski definition) is 4. The van der Waals surface area contributed by atoms with Gasteiger partial charge in [0.25, 0.3) is 0 Å². The molecule has 0 unspecified atom stereocenters. The summed E-state index contributed by atoms with van der Waals surface area (Å²) in [4.78, 5) is 42.6. The predicted molar refractivity (Wildman–Crippen MR) is 107 cm³/mol. The topological polar surface area (TPSA) is 66.9 Å². The molecule has 0 radical (unpaired) electrons. The van der Waals surface area contributed by atoms with Crippen LogP contribution in [0.15, 0.2) is 34.3 Å². The Balaban J connectivity index is 1.64. The van der Waals surface area contributed by atoms with Gasteiger partial charge in [0.1, 0.15) is 17.8 Å². The molecule has 2 amide bonds. The summed E-state index contributed by atoms with van der Waals surface area (Å²) in [6, 6.07) is 4.08. The van der Waals surface area contributed by atoms with Crippen LogP contribution in [0.5, 0.6) is 5.75 Å². The van der Waals surface area contributed by atoms with Crippen molar-refractivity contribution < 1.29 is 19.1 Å². The van der Waals surface area contributed by atoms with Gasteiger partial charge in [0, 0.05) is 23.0 Å². The highest BCUT2D eigenvalue weighted by molar-refractivity contribution is 9.10. The Hall–Kier alpha value is -2.15. The number of piperazine rings is 1. The maximum absolute atomic E-state index is 13.2. The molecule has 3 saturated heterocycles. The fourth-order valence-electron chi connectivity index (χ4n) is 4.69. The molecule has 1 aromatic rings. The molecule has 0 bridgehead atoms. The minimum atomic E-state index is -0.473. The minimum Gasteiger partial charge on any atom is -0.497 e. The van der Waals surface area contributed by atoms with Crippen molar-refractivity contribution in [2.24, 2.45) is 0 Å². The minimum absolute atomic E-state index is 0.0125. The molecule has 0 saturated carbocycles. The van der Waals surface area contributed by atoms with Crippen molar-refractivity contribution in [3.8, 4) is 5.75 Å². The van der Waals surface area contributed by atoms with E-state index in [9.17, 15) is 14.4 Å². The van der Waals surface area contributed by atoms with Crippen LogP contribution in [0.25, 0.3) is 0 Å². The number of ketones is 1. The molecular formula is C21H23BrN2O4.